The van der Waals surface area contributed by atoms with Gasteiger partial charge in [-0.25, -0.2) is 4.57 Å². The number of rotatable bonds is 1. The summed E-state index contributed by atoms with van der Waals surface area (Å²) in [7, 11) is -4.64. The fraction of sp³-hybridized carbons (Fsp3) is 0.333. The zero-order valence-electron chi connectivity index (χ0n) is 5.19. The van der Waals surface area contributed by atoms with Crippen LogP contribution in [0.4, 0.5) is 0 Å². The molecule has 0 amide bonds. The normalized spacial score (nSPS) is 9.44. The molecule has 6 heteroatoms. The molecule has 0 aliphatic rings. The van der Waals surface area contributed by atoms with Crippen LogP contribution in [0.1, 0.15) is 0 Å². The van der Waals surface area contributed by atoms with E-state index in [0.29, 0.717) is 0 Å². The summed E-state index contributed by atoms with van der Waals surface area (Å²) >= 11 is 0.995. The predicted molar refractivity (Wildman–Crippen MR) is 35.0 cm³/mol. The van der Waals surface area contributed by atoms with Gasteiger partial charge >= 0.3 is 69.9 Å². The predicted octanol–water partition coefficient (Wildman–Crippen LogP) is -0.169. The third kappa shape index (κ3) is 86.0. The van der Waals surface area contributed by atoms with Gasteiger partial charge in [-0.15, -0.1) is 0 Å². The Labute approximate surface area is 87.8 Å². The molecule has 9 heavy (non-hydrogen) atoms. The molecule has 0 saturated heterocycles. The van der Waals surface area contributed by atoms with Gasteiger partial charge < -0.3 is 14.7 Å². The molecule has 0 atom stereocenters. The van der Waals surface area contributed by atoms with Crippen molar-refractivity contribution in [2.45, 2.75) is 0.515 Å². The summed E-state index contributed by atoms with van der Waals surface area (Å²) in [6.45, 7) is 3.53. The van der Waals surface area contributed by atoms with Crippen LogP contribution in [0, 0.1) is 0 Å². The molecule has 0 aromatic heterocycles. The van der Waals surface area contributed by atoms with Crippen LogP contribution in [0.15, 0.2) is 12.7 Å². The van der Waals surface area contributed by atoms with Crippen molar-refractivity contribution in [3.05, 3.63) is 12.7 Å². The molecule has 0 heterocycles. The zero-order valence-corrected chi connectivity index (χ0v) is 9.21. The van der Waals surface area contributed by atoms with Crippen molar-refractivity contribution in [3.8, 4) is 0 Å². The zero-order chi connectivity index (χ0) is 7.91. The Balaban J connectivity index is 0. The summed E-state index contributed by atoms with van der Waals surface area (Å²) in [5.41, 5.74) is 0. The first-order valence-corrected chi connectivity index (χ1v) is 6.08. The molecule has 0 radical (unpaired) electrons. The van der Waals surface area contributed by atoms with Crippen molar-refractivity contribution in [2.75, 3.05) is 0 Å². The molecule has 0 bridgehead atoms. The van der Waals surface area contributed by atoms with Gasteiger partial charge in [0.15, 0.2) is 0 Å². The summed E-state index contributed by atoms with van der Waals surface area (Å²) in [4.78, 5) is 21.6. The van der Waals surface area contributed by atoms with Crippen LogP contribution in [0.2, 0.25) is 0.515 Å². The molecule has 0 aliphatic heterocycles. The second-order valence-corrected chi connectivity index (χ2v) is 3.51. The molecule has 0 saturated carbocycles. The first-order chi connectivity index (χ1) is 3.91. The average Bonchev–Trinajstić information content (AvgIpc) is 1.61. The molecule has 50 valence electrons. The van der Waals surface area contributed by atoms with Crippen LogP contribution in [0.5, 0.6) is 0 Å². The van der Waals surface area contributed by atoms with E-state index in [9.17, 15) is 0 Å². The van der Waals surface area contributed by atoms with Crippen molar-refractivity contribution in [1.29, 1.82) is 0 Å². The molecule has 0 aromatic carbocycles. The summed E-state index contributed by atoms with van der Waals surface area (Å²) < 4.78 is 10.2. The Bertz CT molecular complexity index is 100. The maximum Gasteiger partial charge on any atom is 0.466 e. The van der Waals surface area contributed by atoms with E-state index in [1.165, 1.54) is 0.515 Å². The Hall–Kier alpha value is 1.49. The van der Waals surface area contributed by atoms with Gasteiger partial charge in [-0.2, -0.15) is 0 Å². The smallest absolute Gasteiger partial charge is 0.303 e. The van der Waals surface area contributed by atoms with E-state index < -0.39 is 7.82 Å². The van der Waals surface area contributed by atoms with E-state index >= 15 is 0 Å². The van der Waals surface area contributed by atoms with Crippen LogP contribution in [-0.2, 0) is 4.57 Å². The van der Waals surface area contributed by atoms with Crippen molar-refractivity contribution >= 4 is 56.8 Å². The molecule has 0 unspecified atom stereocenters. The van der Waals surface area contributed by atoms with Gasteiger partial charge in [0.2, 0.25) is 0 Å². The minimum atomic E-state index is -4.64. The SMILES string of the molecule is C=C[CH2][K].O=P(O)(O)O. The van der Waals surface area contributed by atoms with Crippen LogP contribution in [0.3, 0.4) is 0 Å². The molecular weight excluding hydrogens is 170 g/mol. The third-order valence-electron chi connectivity index (χ3n) is 0.289. The molecule has 0 fully saturated rings. The Morgan fingerprint density at radius 3 is 1.67 bits per heavy atom. The molecular formula is C3H8KO4P. The Morgan fingerprint density at radius 2 is 1.67 bits per heavy atom. The summed E-state index contributed by atoms with van der Waals surface area (Å²) in [5, 5.41) is 0. The van der Waals surface area contributed by atoms with E-state index in [0.717, 1.165) is 49.0 Å². The number of allylic oxidation sites excluding steroid dienone is 1. The van der Waals surface area contributed by atoms with E-state index in [2.05, 4.69) is 6.58 Å². The van der Waals surface area contributed by atoms with Gasteiger partial charge in [-0.1, -0.05) is 0 Å². The fourth-order valence-electron chi connectivity index (χ4n) is 0. The van der Waals surface area contributed by atoms with Crippen molar-refractivity contribution in [3.63, 3.8) is 0 Å². The Kier molecular flexibility index (Phi) is 11.1. The van der Waals surface area contributed by atoms with Crippen molar-refractivity contribution < 1.29 is 19.2 Å². The van der Waals surface area contributed by atoms with Gasteiger partial charge in [0.1, 0.15) is 0 Å². The molecule has 0 aliphatic carbocycles. The minimum absolute atomic E-state index is 0.995. The molecule has 0 aromatic rings. The van der Waals surface area contributed by atoms with Crippen molar-refractivity contribution in [2.24, 2.45) is 0 Å². The Morgan fingerprint density at radius 1 is 1.56 bits per heavy atom. The van der Waals surface area contributed by atoms with E-state index in [1.807, 2.05) is 6.08 Å². The van der Waals surface area contributed by atoms with Crippen LogP contribution < -0.4 is 0 Å². The quantitative estimate of drug-likeness (QED) is 0.296. The van der Waals surface area contributed by atoms with Crippen LogP contribution in [-0.4, -0.2) is 63.6 Å². The van der Waals surface area contributed by atoms with E-state index in [-0.39, 0.29) is 0 Å². The maximum atomic E-state index is 8.88. The van der Waals surface area contributed by atoms with E-state index in [4.69, 9.17) is 19.2 Å². The first-order valence-electron chi connectivity index (χ1n) is 2.31. The average molecular weight is 178 g/mol. The van der Waals surface area contributed by atoms with Gasteiger partial charge in [0.05, 0.1) is 0 Å². The first kappa shape index (κ1) is 13.1. The fourth-order valence-corrected chi connectivity index (χ4v) is 0. The largest absolute Gasteiger partial charge is 0.466 e. The summed E-state index contributed by atoms with van der Waals surface area (Å²) in [6, 6.07) is 0. The van der Waals surface area contributed by atoms with Gasteiger partial charge in [0, 0.05) is 0 Å². The van der Waals surface area contributed by atoms with Crippen LogP contribution in [0.25, 0.3) is 0 Å². The minimum Gasteiger partial charge on any atom is -0.303 e. The molecule has 0 spiro atoms. The maximum absolute atomic E-state index is 8.88. The second kappa shape index (κ2) is 7.59. The van der Waals surface area contributed by atoms with Gasteiger partial charge in [-0.3, -0.25) is 0 Å². The van der Waals surface area contributed by atoms with Crippen molar-refractivity contribution in [1.82, 2.24) is 0 Å². The molecule has 4 nitrogen and oxygen atoms in total. The number of hydrogen-bond acceptors (Lipinski definition) is 1. The second-order valence-electron chi connectivity index (χ2n) is 1.21. The number of hydrogen-bond donors (Lipinski definition) is 3. The third-order valence-corrected chi connectivity index (χ3v) is 1.19. The standard InChI is InChI=1S/C3H5.K.H3O4P/c1-3-2;;1-5(2,3)4/h3H,1-2H2;;(H3,1,2,3,4). The van der Waals surface area contributed by atoms with Gasteiger partial charge in [-0.05, 0) is 0 Å². The number of phosphoric acid groups is 1. The van der Waals surface area contributed by atoms with Gasteiger partial charge in [0.25, 0.3) is 0 Å². The molecule has 0 rings (SSSR count). The molecule has 3 N–H and O–H groups in total. The monoisotopic (exact) mass is 178 g/mol. The van der Waals surface area contributed by atoms with Crippen LogP contribution >= 0.6 is 7.82 Å². The summed E-state index contributed by atoms with van der Waals surface area (Å²) in [5.74, 6) is 0. The topological polar surface area (TPSA) is 77.8 Å². The summed E-state index contributed by atoms with van der Waals surface area (Å²) in [6.07, 6.45) is 1.96. The van der Waals surface area contributed by atoms with E-state index in [1.54, 1.807) is 0 Å².